The molecule has 1 amide bonds. The normalized spacial score (nSPS) is 21.1. The molecule has 0 bridgehead atoms. The van der Waals surface area contributed by atoms with Crippen LogP contribution in [0.4, 0.5) is 0 Å². The van der Waals surface area contributed by atoms with Crippen LogP contribution in [0.3, 0.4) is 0 Å². The number of carbonyl (C=O) groups excluding carboxylic acids is 1. The average molecular weight is 480 g/mol. The minimum absolute atomic E-state index is 0.0421. The molecule has 0 N–H and O–H groups in total. The summed E-state index contributed by atoms with van der Waals surface area (Å²) in [5.74, 6) is 0.0421. The first-order chi connectivity index (χ1) is 15.8. The molecule has 1 saturated heterocycles. The van der Waals surface area contributed by atoms with E-state index in [-0.39, 0.29) is 18.4 Å². The second-order valence-electron chi connectivity index (χ2n) is 11.4. The summed E-state index contributed by atoms with van der Waals surface area (Å²) in [5.41, 5.74) is 0.240. The molecule has 2 aromatic carbocycles. The van der Waals surface area contributed by atoms with E-state index in [1.54, 1.807) is 0 Å². The van der Waals surface area contributed by atoms with Gasteiger partial charge in [-0.05, 0) is 71.3 Å². The number of amides is 1. The van der Waals surface area contributed by atoms with Gasteiger partial charge >= 0.3 is 0 Å². The zero-order valence-corrected chi connectivity index (χ0v) is 22.9. The molecule has 4 nitrogen and oxygen atoms in total. The van der Waals surface area contributed by atoms with Crippen molar-refractivity contribution in [3.05, 3.63) is 84.4 Å². The predicted molar refractivity (Wildman–Crippen MR) is 142 cm³/mol. The van der Waals surface area contributed by atoms with Gasteiger partial charge in [0.15, 0.2) is 8.32 Å². The van der Waals surface area contributed by atoms with Gasteiger partial charge in [0, 0.05) is 0 Å². The Morgan fingerprint density at radius 3 is 2.15 bits per heavy atom. The lowest BCUT2D eigenvalue weighted by molar-refractivity contribution is -0.154. The van der Waals surface area contributed by atoms with Crippen LogP contribution < -0.4 is 0 Å². The van der Waals surface area contributed by atoms with Gasteiger partial charge in [-0.1, -0.05) is 66.7 Å². The minimum Gasteiger partial charge on any atom is -0.407 e. The standard InChI is InChI=1S/C29H41NO3Si/c1-9-20-29(33-34(6,7)8,24-18-14-11-15-19-24)22-26(31)30-25(21-23-16-12-10-13-17-23)27(2,3)32-28(30,4)5/h9-19,25H,1,20-22H2,2-8H3/t25-,29-/m0/s1. The average Bonchev–Trinajstić information content (AvgIpc) is 2.91. The highest BCUT2D eigenvalue weighted by molar-refractivity contribution is 6.69. The Bertz CT molecular complexity index is 981. The maximum Gasteiger partial charge on any atom is 0.228 e. The fourth-order valence-electron chi connectivity index (χ4n) is 5.42. The van der Waals surface area contributed by atoms with Gasteiger partial charge in [-0.3, -0.25) is 4.79 Å². The summed E-state index contributed by atoms with van der Waals surface area (Å²) in [5, 5.41) is 0. The molecule has 2 atom stereocenters. The van der Waals surface area contributed by atoms with Crippen LogP contribution in [0.5, 0.6) is 0 Å². The summed E-state index contributed by atoms with van der Waals surface area (Å²) in [6.07, 6.45) is 3.41. The molecule has 0 saturated carbocycles. The fraction of sp³-hybridized carbons (Fsp3) is 0.483. The number of ether oxygens (including phenoxy) is 1. The van der Waals surface area contributed by atoms with E-state index < -0.39 is 25.2 Å². The van der Waals surface area contributed by atoms with Crippen molar-refractivity contribution in [2.24, 2.45) is 0 Å². The Hall–Kier alpha value is -2.21. The molecular formula is C29H41NO3Si. The summed E-state index contributed by atoms with van der Waals surface area (Å²) < 4.78 is 13.3. The van der Waals surface area contributed by atoms with E-state index in [9.17, 15) is 4.79 Å². The van der Waals surface area contributed by atoms with E-state index in [1.165, 1.54) is 5.56 Å². The number of hydrogen-bond acceptors (Lipinski definition) is 3. The number of nitrogens with zero attached hydrogens (tertiary/aromatic N) is 1. The summed E-state index contributed by atoms with van der Waals surface area (Å²) in [4.78, 5) is 16.2. The first-order valence-electron chi connectivity index (χ1n) is 12.2. The third kappa shape index (κ3) is 5.88. The Labute approximate surface area is 207 Å². The second kappa shape index (κ2) is 9.80. The molecule has 5 heteroatoms. The zero-order valence-electron chi connectivity index (χ0n) is 21.9. The Morgan fingerprint density at radius 2 is 1.62 bits per heavy atom. The molecule has 1 aliphatic rings. The van der Waals surface area contributed by atoms with Crippen LogP contribution in [0, 0.1) is 0 Å². The van der Waals surface area contributed by atoms with Crippen molar-refractivity contribution < 1.29 is 14.0 Å². The largest absolute Gasteiger partial charge is 0.407 e. The van der Waals surface area contributed by atoms with E-state index in [0.29, 0.717) is 6.42 Å². The maximum absolute atomic E-state index is 14.2. The number of rotatable bonds is 9. The van der Waals surface area contributed by atoms with Crippen molar-refractivity contribution in [2.45, 2.75) is 89.6 Å². The first-order valence-corrected chi connectivity index (χ1v) is 15.6. The highest BCUT2D eigenvalue weighted by atomic mass is 28.4. The van der Waals surface area contributed by atoms with Gasteiger partial charge in [-0.25, -0.2) is 0 Å². The van der Waals surface area contributed by atoms with Gasteiger partial charge in [-0.2, -0.15) is 0 Å². The van der Waals surface area contributed by atoms with Crippen LogP contribution in [-0.2, 0) is 26.0 Å². The molecule has 0 aliphatic carbocycles. The Balaban J connectivity index is 2.03. The Morgan fingerprint density at radius 1 is 1.06 bits per heavy atom. The molecule has 3 rings (SSSR count). The molecule has 1 heterocycles. The van der Waals surface area contributed by atoms with Gasteiger partial charge in [-0.15, -0.1) is 6.58 Å². The predicted octanol–water partition coefficient (Wildman–Crippen LogP) is 6.68. The van der Waals surface area contributed by atoms with Crippen molar-refractivity contribution in [1.82, 2.24) is 4.90 Å². The van der Waals surface area contributed by atoms with E-state index in [0.717, 1.165) is 12.0 Å². The van der Waals surface area contributed by atoms with Crippen LogP contribution in [0.15, 0.2) is 73.3 Å². The van der Waals surface area contributed by atoms with Crippen molar-refractivity contribution in [3.63, 3.8) is 0 Å². The van der Waals surface area contributed by atoms with Crippen LogP contribution >= 0.6 is 0 Å². The lowest BCUT2D eigenvalue weighted by Crippen LogP contribution is -2.53. The van der Waals surface area contributed by atoms with E-state index in [1.807, 2.05) is 61.2 Å². The summed E-state index contributed by atoms with van der Waals surface area (Å²) >= 11 is 0. The van der Waals surface area contributed by atoms with Crippen molar-refractivity contribution >= 4 is 14.2 Å². The van der Waals surface area contributed by atoms with Gasteiger partial charge < -0.3 is 14.1 Å². The smallest absolute Gasteiger partial charge is 0.228 e. The lowest BCUT2D eigenvalue weighted by Gasteiger charge is -2.42. The molecule has 34 heavy (non-hydrogen) atoms. The number of benzene rings is 2. The van der Waals surface area contributed by atoms with Crippen LogP contribution in [0.25, 0.3) is 0 Å². The molecule has 0 spiro atoms. The fourth-order valence-corrected chi connectivity index (χ4v) is 6.86. The third-order valence-corrected chi connectivity index (χ3v) is 7.46. The van der Waals surface area contributed by atoms with E-state index in [4.69, 9.17) is 9.16 Å². The van der Waals surface area contributed by atoms with Crippen molar-refractivity contribution in [1.29, 1.82) is 0 Å². The SMILES string of the molecule is C=CC[C@@](CC(=O)N1[C@@H](Cc2ccccc2)C(C)(C)OC1(C)C)(O[Si](C)(C)C)c1ccccc1. The van der Waals surface area contributed by atoms with Crippen molar-refractivity contribution in [2.75, 3.05) is 0 Å². The van der Waals surface area contributed by atoms with Crippen LogP contribution in [-0.4, -0.2) is 36.5 Å². The highest BCUT2D eigenvalue weighted by Crippen LogP contribution is 2.44. The van der Waals surface area contributed by atoms with Crippen LogP contribution in [0.2, 0.25) is 19.6 Å². The summed E-state index contributed by atoms with van der Waals surface area (Å²) in [6, 6.07) is 20.4. The monoisotopic (exact) mass is 479 g/mol. The van der Waals surface area contributed by atoms with E-state index >= 15 is 0 Å². The first kappa shape index (κ1) is 26.4. The second-order valence-corrected chi connectivity index (χ2v) is 15.8. The number of carbonyl (C=O) groups is 1. The summed E-state index contributed by atoms with van der Waals surface area (Å²) in [7, 11) is -2.01. The molecule has 2 aromatic rings. The van der Waals surface area contributed by atoms with E-state index in [2.05, 4.69) is 64.3 Å². The summed E-state index contributed by atoms with van der Waals surface area (Å²) in [6.45, 7) is 18.7. The topological polar surface area (TPSA) is 38.8 Å². The molecule has 0 radical (unpaired) electrons. The lowest BCUT2D eigenvalue weighted by atomic mass is 9.85. The van der Waals surface area contributed by atoms with Gasteiger partial charge in [0.05, 0.1) is 23.7 Å². The minimum atomic E-state index is -2.01. The highest BCUT2D eigenvalue weighted by Gasteiger charge is 2.55. The molecular weight excluding hydrogens is 438 g/mol. The molecule has 0 unspecified atom stereocenters. The Kier molecular flexibility index (Phi) is 7.61. The maximum atomic E-state index is 14.2. The van der Waals surface area contributed by atoms with Gasteiger partial charge in [0.2, 0.25) is 5.91 Å². The number of hydrogen-bond donors (Lipinski definition) is 0. The molecule has 184 valence electrons. The van der Waals surface area contributed by atoms with Gasteiger partial charge in [0.25, 0.3) is 0 Å². The quantitative estimate of drug-likeness (QED) is 0.297. The van der Waals surface area contributed by atoms with Crippen molar-refractivity contribution in [3.8, 4) is 0 Å². The molecule has 1 aliphatic heterocycles. The van der Waals surface area contributed by atoms with Crippen LogP contribution in [0.1, 0.15) is 51.7 Å². The molecule has 1 fully saturated rings. The molecule has 0 aromatic heterocycles. The van der Waals surface area contributed by atoms with Gasteiger partial charge in [0.1, 0.15) is 5.72 Å². The third-order valence-electron chi connectivity index (χ3n) is 6.46. The zero-order chi connectivity index (χ0) is 25.2.